The first-order valence-corrected chi connectivity index (χ1v) is 5.38. The van der Waals surface area contributed by atoms with Crippen molar-refractivity contribution in [1.29, 1.82) is 5.26 Å². The molecule has 0 amide bonds. The number of hydrogen-bond acceptors (Lipinski definition) is 3. The maximum Gasteiger partial charge on any atom is 0.387 e. The molecule has 0 aliphatic heterocycles. The van der Waals surface area contributed by atoms with Crippen molar-refractivity contribution in [1.82, 2.24) is 0 Å². The number of anilines is 1. The van der Waals surface area contributed by atoms with E-state index in [1.807, 2.05) is 0 Å². The van der Waals surface area contributed by atoms with Crippen molar-refractivity contribution >= 4 is 5.69 Å². The third-order valence-corrected chi connectivity index (χ3v) is 2.13. The van der Waals surface area contributed by atoms with E-state index in [9.17, 15) is 8.78 Å². The number of halogens is 2. The molecule has 0 atom stereocenters. The van der Waals surface area contributed by atoms with Crippen LogP contribution in [0.2, 0.25) is 0 Å². The standard InChI is InChI=1S/C12H14F2N2O/c13-12(14)17-11-7-3-2-6-10(11)16-9-5-1-4-8-15/h2-3,6-7,12,16H,1,4-5,9H2. The van der Waals surface area contributed by atoms with Crippen LogP contribution in [0.4, 0.5) is 14.5 Å². The first-order chi connectivity index (χ1) is 8.24. The number of para-hydroxylation sites is 2. The fraction of sp³-hybridized carbons (Fsp3) is 0.417. The molecule has 17 heavy (non-hydrogen) atoms. The normalized spacial score (nSPS) is 10.0. The Bertz CT molecular complexity index is 377. The Balaban J connectivity index is 2.44. The first kappa shape index (κ1) is 13.2. The number of unbranched alkanes of at least 4 members (excludes halogenated alkanes) is 2. The van der Waals surface area contributed by atoms with Crippen molar-refractivity contribution in [2.45, 2.75) is 25.9 Å². The smallest absolute Gasteiger partial charge is 0.387 e. The highest BCUT2D eigenvalue weighted by Gasteiger charge is 2.08. The minimum Gasteiger partial charge on any atom is -0.433 e. The van der Waals surface area contributed by atoms with Crippen molar-refractivity contribution < 1.29 is 13.5 Å². The molecule has 0 heterocycles. The van der Waals surface area contributed by atoms with Gasteiger partial charge in [0.2, 0.25) is 0 Å². The van der Waals surface area contributed by atoms with E-state index < -0.39 is 6.61 Å². The second-order valence-corrected chi connectivity index (χ2v) is 3.42. The van der Waals surface area contributed by atoms with E-state index in [-0.39, 0.29) is 5.75 Å². The Kier molecular flexibility index (Phi) is 5.80. The molecule has 0 saturated heterocycles. The van der Waals surface area contributed by atoms with Gasteiger partial charge in [0.25, 0.3) is 0 Å². The molecule has 0 saturated carbocycles. The van der Waals surface area contributed by atoms with Gasteiger partial charge in [-0.3, -0.25) is 0 Å². The molecule has 1 rings (SSSR count). The largest absolute Gasteiger partial charge is 0.433 e. The molecule has 0 bridgehead atoms. The number of benzene rings is 1. The Morgan fingerprint density at radius 2 is 2.06 bits per heavy atom. The molecule has 0 aliphatic carbocycles. The maximum absolute atomic E-state index is 12.1. The van der Waals surface area contributed by atoms with Gasteiger partial charge >= 0.3 is 6.61 Å². The van der Waals surface area contributed by atoms with Gasteiger partial charge in [0.05, 0.1) is 11.8 Å². The number of nitrogens with zero attached hydrogens (tertiary/aromatic N) is 1. The summed E-state index contributed by atoms with van der Waals surface area (Å²) >= 11 is 0. The van der Waals surface area contributed by atoms with Gasteiger partial charge in [-0.15, -0.1) is 0 Å². The predicted octanol–water partition coefficient (Wildman–Crippen LogP) is 3.39. The van der Waals surface area contributed by atoms with E-state index in [2.05, 4.69) is 16.1 Å². The SMILES string of the molecule is N#CCCCCNc1ccccc1OC(F)F. The highest BCUT2D eigenvalue weighted by molar-refractivity contribution is 5.56. The summed E-state index contributed by atoms with van der Waals surface area (Å²) in [5.74, 6) is 0.141. The zero-order valence-electron chi connectivity index (χ0n) is 9.33. The van der Waals surface area contributed by atoms with Crippen molar-refractivity contribution in [3.05, 3.63) is 24.3 Å². The number of ether oxygens (including phenoxy) is 1. The second kappa shape index (κ2) is 7.44. The molecule has 0 radical (unpaired) electrons. The van der Waals surface area contributed by atoms with E-state index in [0.717, 1.165) is 12.8 Å². The van der Waals surface area contributed by atoms with Gasteiger partial charge in [-0.05, 0) is 25.0 Å². The summed E-state index contributed by atoms with van der Waals surface area (Å²) in [5.41, 5.74) is 0.546. The van der Waals surface area contributed by atoms with Gasteiger partial charge in [0.15, 0.2) is 0 Å². The molecule has 0 fully saturated rings. The van der Waals surface area contributed by atoms with Crippen molar-refractivity contribution in [3.63, 3.8) is 0 Å². The summed E-state index contributed by atoms with van der Waals surface area (Å²) < 4.78 is 28.6. The molecule has 0 unspecified atom stereocenters. The molecule has 0 aliphatic rings. The quantitative estimate of drug-likeness (QED) is 0.743. The van der Waals surface area contributed by atoms with Crippen LogP contribution in [0.25, 0.3) is 0 Å². The minimum absolute atomic E-state index is 0.141. The molecule has 1 N–H and O–H groups in total. The van der Waals surface area contributed by atoms with Gasteiger partial charge in [0, 0.05) is 13.0 Å². The maximum atomic E-state index is 12.1. The molecule has 1 aromatic carbocycles. The molecule has 0 aromatic heterocycles. The van der Waals surface area contributed by atoms with Gasteiger partial charge in [-0.2, -0.15) is 14.0 Å². The topological polar surface area (TPSA) is 45.0 Å². The highest BCUT2D eigenvalue weighted by atomic mass is 19.3. The summed E-state index contributed by atoms with van der Waals surface area (Å²) in [6.07, 6.45) is 2.12. The molecule has 92 valence electrons. The molecule has 5 heteroatoms. The van der Waals surface area contributed by atoms with Crippen LogP contribution in [0, 0.1) is 11.3 Å². The zero-order valence-corrected chi connectivity index (χ0v) is 9.33. The summed E-state index contributed by atoms with van der Waals surface area (Å²) in [7, 11) is 0. The van der Waals surface area contributed by atoms with Gasteiger partial charge in [-0.25, -0.2) is 0 Å². The van der Waals surface area contributed by atoms with E-state index in [1.165, 1.54) is 6.07 Å². The summed E-state index contributed by atoms with van der Waals surface area (Å²) in [4.78, 5) is 0. The number of nitrogens with one attached hydrogen (secondary N) is 1. The minimum atomic E-state index is -2.82. The lowest BCUT2D eigenvalue weighted by Crippen LogP contribution is -2.07. The van der Waals surface area contributed by atoms with Gasteiger partial charge in [0.1, 0.15) is 5.75 Å². The van der Waals surface area contributed by atoms with Crippen LogP contribution in [-0.4, -0.2) is 13.2 Å². The number of hydrogen-bond donors (Lipinski definition) is 1. The van der Waals surface area contributed by atoms with E-state index >= 15 is 0 Å². The Morgan fingerprint density at radius 3 is 2.76 bits per heavy atom. The second-order valence-electron chi connectivity index (χ2n) is 3.42. The van der Waals surface area contributed by atoms with Crippen LogP contribution in [0.3, 0.4) is 0 Å². The average Bonchev–Trinajstić information content (AvgIpc) is 2.30. The third kappa shape index (κ3) is 5.16. The van der Waals surface area contributed by atoms with Crippen LogP contribution in [-0.2, 0) is 0 Å². The Labute approximate surface area is 99.0 Å². The summed E-state index contributed by atoms with van der Waals surface area (Å²) in [6.45, 7) is -2.19. The molecular formula is C12H14F2N2O. The lowest BCUT2D eigenvalue weighted by atomic mass is 10.2. The fourth-order valence-corrected chi connectivity index (χ4v) is 1.36. The van der Waals surface area contributed by atoms with Gasteiger partial charge < -0.3 is 10.1 Å². The number of rotatable bonds is 7. The lowest BCUT2D eigenvalue weighted by molar-refractivity contribution is -0.0493. The highest BCUT2D eigenvalue weighted by Crippen LogP contribution is 2.25. The summed E-state index contributed by atoms with van der Waals surface area (Å²) in [5, 5.41) is 11.4. The third-order valence-electron chi connectivity index (χ3n) is 2.13. The average molecular weight is 240 g/mol. The summed E-state index contributed by atoms with van der Waals surface area (Å²) in [6, 6.07) is 8.61. The molecular weight excluding hydrogens is 226 g/mol. The van der Waals surface area contributed by atoms with Crippen LogP contribution in [0.5, 0.6) is 5.75 Å². The predicted molar refractivity (Wildman–Crippen MR) is 61.0 cm³/mol. The molecule has 3 nitrogen and oxygen atoms in total. The van der Waals surface area contributed by atoms with Crippen molar-refractivity contribution in [2.75, 3.05) is 11.9 Å². The number of nitriles is 1. The molecule has 1 aromatic rings. The molecule has 0 spiro atoms. The Hall–Kier alpha value is -1.83. The van der Waals surface area contributed by atoms with E-state index in [4.69, 9.17) is 5.26 Å². The van der Waals surface area contributed by atoms with Crippen LogP contribution in [0.1, 0.15) is 19.3 Å². The Morgan fingerprint density at radius 1 is 1.29 bits per heavy atom. The van der Waals surface area contributed by atoms with Crippen molar-refractivity contribution in [3.8, 4) is 11.8 Å². The zero-order chi connectivity index (χ0) is 12.5. The van der Waals surface area contributed by atoms with E-state index in [0.29, 0.717) is 18.7 Å². The van der Waals surface area contributed by atoms with E-state index in [1.54, 1.807) is 18.2 Å². The van der Waals surface area contributed by atoms with Crippen LogP contribution in [0.15, 0.2) is 24.3 Å². The van der Waals surface area contributed by atoms with Crippen LogP contribution < -0.4 is 10.1 Å². The fourth-order valence-electron chi connectivity index (χ4n) is 1.36. The first-order valence-electron chi connectivity index (χ1n) is 5.38. The number of alkyl halides is 2. The van der Waals surface area contributed by atoms with Gasteiger partial charge in [-0.1, -0.05) is 12.1 Å². The lowest BCUT2D eigenvalue weighted by Gasteiger charge is -2.11. The van der Waals surface area contributed by atoms with Crippen molar-refractivity contribution in [2.24, 2.45) is 0 Å². The monoisotopic (exact) mass is 240 g/mol. The van der Waals surface area contributed by atoms with Crippen LogP contribution >= 0.6 is 0 Å².